The van der Waals surface area contributed by atoms with Crippen LogP contribution in [0.25, 0.3) is 0 Å². The summed E-state index contributed by atoms with van der Waals surface area (Å²) in [6, 6.07) is 2.08. The Labute approximate surface area is 145 Å². The second-order valence-corrected chi connectivity index (χ2v) is 6.28. The fraction of sp³-hybridized carbons (Fsp3) is 0.471. The molecular weight excluding hydrogens is 320 g/mol. The summed E-state index contributed by atoms with van der Waals surface area (Å²) in [7, 11) is 0. The van der Waals surface area contributed by atoms with Gasteiger partial charge in [0.15, 0.2) is 0 Å². The smallest absolute Gasteiger partial charge is 0.271 e. The van der Waals surface area contributed by atoms with Crippen LogP contribution in [0.15, 0.2) is 37.1 Å². The molecule has 0 bridgehead atoms. The Balaban J connectivity index is 1.39. The third kappa shape index (κ3) is 3.30. The normalized spacial score (nSPS) is 25.4. The van der Waals surface area contributed by atoms with Crippen molar-refractivity contribution in [1.82, 2.24) is 25.3 Å². The second kappa shape index (κ2) is 7.10. The summed E-state index contributed by atoms with van der Waals surface area (Å²) in [5, 5.41) is 2.96. The first-order valence-corrected chi connectivity index (χ1v) is 8.52. The zero-order valence-corrected chi connectivity index (χ0v) is 13.8. The first kappa shape index (κ1) is 15.9. The van der Waals surface area contributed by atoms with E-state index in [1.54, 1.807) is 18.6 Å². The molecule has 2 aliphatic rings. The van der Waals surface area contributed by atoms with Crippen molar-refractivity contribution >= 4 is 11.9 Å². The van der Waals surface area contributed by atoms with E-state index in [2.05, 4.69) is 30.2 Å². The molecule has 1 aliphatic carbocycles. The molecule has 3 heterocycles. The lowest BCUT2D eigenvalue weighted by molar-refractivity contribution is -0.00171. The average molecular weight is 340 g/mol. The summed E-state index contributed by atoms with van der Waals surface area (Å²) in [4.78, 5) is 31.1. The largest absolute Gasteiger partial charge is 0.374 e. The average Bonchev–Trinajstić information content (AvgIpc) is 3.10. The van der Waals surface area contributed by atoms with Gasteiger partial charge in [0.25, 0.3) is 5.91 Å². The number of aromatic nitrogens is 4. The molecule has 2 aromatic heterocycles. The van der Waals surface area contributed by atoms with Crippen molar-refractivity contribution in [1.29, 1.82) is 0 Å². The molecule has 25 heavy (non-hydrogen) atoms. The molecule has 4 rings (SSSR count). The maximum atomic E-state index is 12.2. The van der Waals surface area contributed by atoms with Crippen molar-refractivity contribution < 1.29 is 9.53 Å². The highest BCUT2D eigenvalue weighted by Gasteiger charge is 2.43. The number of fused-ring (bicyclic) bond motifs is 1. The van der Waals surface area contributed by atoms with Crippen molar-refractivity contribution in [2.75, 3.05) is 24.6 Å². The van der Waals surface area contributed by atoms with Gasteiger partial charge in [-0.25, -0.2) is 15.0 Å². The van der Waals surface area contributed by atoms with Gasteiger partial charge in [0.05, 0.1) is 24.9 Å². The van der Waals surface area contributed by atoms with Crippen LogP contribution in [0.2, 0.25) is 0 Å². The van der Waals surface area contributed by atoms with Crippen LogP contribution in [-0.4, -0.2) is 57.7 Å². The van der Waals surface area contributed by atoms with Crippen molar-refractivity contribution in [2.24, 2.45) is 5.92 Å². The molecule has 1 saturated heterocycles. The van der Waals surface area contributed by atoms with Crippen LogP contribution in [0.5, 0.6) is 0 Å². The maximum absolute atomic E-state index is 12.2. The Hall–Kier alpha value is -2.61. The van der Waals surface area contributed by atoms with E-state index in [0.717, 1.165) is 25.3 Å². The minimum atomic E-state index is -0.199. The molecule has 1 N–H and O–H groups in total. The zero-order valence-electron chi connectivity index (χ0n) is 13.8. The number of hydrogen-bond donors (Lipinski definition) is 1. The zero-order chi connectivity index (χ0) is 17.1. The van der Waals surface area contributed by atoms with Crippen molar-refractivity contribution in [2.45, 2.75) is 25.0 Å². The Morgan fingerprint density at radius 3 is 2.88 bits per heavy atom. The Bertz CT molecular complexity index is 714. The van der Waals surface area contributed by atoms with E-state index in [1.165, 1.54) is 12.4 Å². The van der Waals surface area contributed by atoms with Crippen LogP contribution in [0, 0.1) is 5.92 Å². The summed E-state index contributed by atoms with van der Waals surface area (Å²) < 4.78 is 6.03. The van der Waals surface area contributed by atoms with Gasteiger partial charge in [-0.05, 0) is 18.9 Å². The summed E-state index contributed by atoms with van der Waals surface area (Å²) in [6.07, 6.45) is 10.2. The first-order valence-electron chi connectivity index (χ1n) is 8.52. The lowest BCUT2D eigenvalue weighted by Gasteiger charge is -2.39. The summed E-state index contributed by atoms with van der Waals surface area (Å²) in [5.41, 5.74) is 0.334. The summed E-state index contributed by atoms with van der Waals surface area (Å²) >= 11 is 0. The Morgan fingerprint density at radius 1 is 1.20 bits per heavy atom. The van der Waals surface area contributed by atoms with Crippen LogP contribution in [-0.2, 0) is 4.74 Å². The highest BCUT2D eigenvalue weighted by molar-refractivity contribution is 5.91. The number of morpholine rings is 1. The van der Waals surface area contributed by atoms with Crippen molar-refractivity contribution in [3.05, 3.63) is 42.7 Å². The number of rotatable bonds is 4. The molecule has 0 radical (unpaired) electrons. The molecule has 1 aliphatic heterocycles. The van der Waals surface area contributed by atoms with Crippen LogP contribution in [0.4, 0.5) is 5.95 Å². The summed E-state index contributed by atoms with van der Waals surface area (Å²) in [5.74, 6) is 0.831. The Morgan fingerprint density at radius 2 is 2.08 bits per heavy atom. The maximum Gasteiger partial charge on any atom is 0.271 e. The number of anilines is 1. The van der Waals surface area contributed by atoms with Crippen molar-refractivity contribution in [3.63, 3.8) is 0 Å². The van der Waals surface area contributed by atoms with E-state index in [-0.39, 0.29) is 24.0 Å². The fourth-order valence-electron chi connectivity index (χ4n) is 3.70. The number of amides is 1. The topological polar surface area (TPSA) is 93.1 Å². The number of hydrogen-bond acceptors (Lipinski definition) is 7. The lowest BCUT2D eigenvalue weighted by Crippen LogP contribution is -2.52. The minimum Gasteiger partial charge on any atom is -0.374 e. The molecular formula is C17H20N6O2. The number of nitrogens with zero attached hydrogens (tertiary/aromatic N) is 5. The first-order chi connectivity index (χ1) is 12.3. The van der Waals surface area contributed by atoms with E-state index in [1.807, 2.05) is 6.07 Å². The molecule has 8 heteroatoms. The molecule has 1 amide bonds. The SMILES string of the molecule is O=C(NCC1CCC2C1OCCN2c1ncccn1)c1cnccn1. The highest BCUT2D eigenvalue weighted by atomic mass is 16.5. The van der Waals surface area contributed by atoms with Gasteiger partial charge in [-0.15, -0.1) is 0 Å². The van der Waals surface area contributed by atoms with Crippen LogP contribution in [0.1, 0.15) is 23.3 Å². The molecule has 1 saturated carbocycles. The molecule has 3 atom stereocenters. The molecule has 0 spiro atoms. The van der Waals surface area contributed by atoms with Gasteiger partial charge in [-0.3, -0.25) is 9.78 Å². The highest BCUT2D eigenvalue weighted by Crippen LogP contribution is 2.35. The van der Waals surface area contributed by atoms with E-state index < -0.39 is 0 Å². The predicted octanol–water partition coefficient (Wildman–Crippen LogP) is 0.680. The number of nitrogens with one attached hydrogen (secondary N) is 1. The molecule has 8 nitrogen and oxygen atoms in total. The van der Waals surface area contributed by atoms with Gasteiger partial charge in [0, 0.05) is 43.8 Å². The Kier molecular flexibility index (Phi) is 4.51. The van der Waals surface area contributed by atoms with E-state index in [4.69, 9.17) is 4.74 Å². The van der Waals surface area contributed by atoms with Gasteiger partial charge in [-0.1, -0.05) is 0 Å². The molecule has 2 aromatic rings. The standard InChI is InChI=1S/C17H20N6O2/c24-16(13-11-18-6-7-19-13)22-10-12-2-3-14-15(12)25-9-8-23(14)17-20-4-1-5-21-17/h1,4-7,11-12,14-15H,2-3,8-10H2,(H,22,24). The molecule has 0 aromatic carbocycles. The van der Waals surface area contributed by atoms with Gasteiger partial charge in [0.2, 0.25) is 5.95 Å². The van der Waals surface area contributed by atoms with E-state index in [0.29, 0.717) is 18.8 Å². The van der Waals surface area contributed by atoms with E-state index in [9.17, 15) is 4.79 Å². The minimum absolute atomic E-state index is 0.0831. The molecule has 2 fully saturated rings. The van der Waals surface area contributed by atoms with Gasteiger partial charge >= 0.3 is 0 Å². The number of carbonyl (C=O) groups excluding carboxylic acids is 1. The van der Waals surface area contributed by atoms with E-state index >= 15 is 0 Å². The third-order valence-corrected chi connectivity index (χ3v) is 4.85. The predicted molar refractivity (Wildman–Crippen MR) is 90.0 cm³/mol. The third-order valence-electron chi connectivity index (χ3n) is 4.85. The fourth-order valence-corrected chi connectivity index (χ4v) is 3.70. The van der Waals surface area contributed by atoms with Gasteiger partial charge < -0.3 is 15.0 Å². The molecule has 3 unspecified atom stereocenters. The quantitative estimate of drug-likeness (QED) is 0.875. The van der Waals surface area contributed by atoms with Crippen LogP contribution >= 0.6 is 0 Å². The van der Waals surface area contributed by atoms with Gasteiger partial charge in [0.1, 0.15) is 5.69 Å². The van der Waals surface area contributed by atoms with Crippen molar-refractivity contribution in [3.8, 4) is 0 Å². The van der Waals surface area contributed by atoms with Crippen LogP contribution < -0.4 is 10.2 Å². The lowest BCUT2D eigenvalue weighted by atomic mass is 10.0. The van der Waals surface area contributed by atoms with Crippen LogP contribution in [0.3, 0.4) is 0 Å². The monoisotopic (exact) mass is 340 g/mol. The number of carbonyl (C=O) groups is 1. The second-order valence-electron chi connectivity index (χ2n) is 6.28. The number of ether oxygens (including phenoxy) is 1. The van der Waals surface area contributed by atoms with Gasteiger partial charge in [-0.2, -0.15) is 0 Å². The molecule has 130 valence electrons. The summed E-state index contributed by atoms with van der Waals surface area (Å²) in [6.45, 7) is 2.01.